The van der Waals surface area contributed by atoms with Crippen LogP contribution in [0.25, 0.3) is 0 Å². The van der Waals surface area contributed by atoms with Crippen molar-refractivity contribution < 1.29 is 33.3 Å². The van der Waals surface area contributed by atoms with Gasteiger partial charge in [-0.15, -0.1) is 0 Å². The Morgan fingerprint density at radius 3 is 2.45 bits per heavy atom. The van der Waals surface area contributed by atoms with Gasteiger partial charge in [-0.3, -0.25) is 9.59 Å². The van der Waals surface area contributed by atoms with Crippen LogP contribution in [0.1, 0.15) is 76.5 Å². The third-order valence-electron chi connectivity index (χ3n) is 7.79. The lowest BCUT2D eigenvalue weighted by molar-refractivity contribution is -0.148. The second kappa shape index (κ2) is 14.5. The molecule has 1 saturated heterocycles. The molecule has 10 nitrogen and oxygen atoms in total. The zero-order valence-electron chi connectivity index (χ0n) is 26.4. The molecule has 3 aliphatic rings. The van der Waals surface area contributed by atoms with Crippen molar-refractivity contribution in [3.8, 4) is 5.75 Å². The molecule has 0 bridgehead atoms. The van der Waals surface area contributed by atoms with Gasteiger partial charge in [0.2, 0.25) is 0 Å². The van der Waals surface area contributed by atoms with E-state index in [0.717, 1.165) is 17.0 Å². The summed E-state index contributed by atoms with van der Waals surface area (Å²) in [5.74, 6) is 0.384. The van der Waals surface area contributed by atoms with E-state index in [-0.39, 0.29) is 23.4 Å². The lowest BCUT2D eigenvalue weighted by Crippen LogP contribution is -2.37. The molecule has 0 radical (unpaired) electrons. The fourth-order valence-corrected chi connectivity index (χ4v) is 5.73. The number of anilines is 1. The van der Waals surface area contributed by atoms with Crippen molar-refractivity contribution in [2.24, 2.45) is 0 Å². The minimum absolute atomic E-state index is 0.00446. The van der Waals surface area contributed by atoms with Gasteiger partial charge in [-0.1, -0.05) is 24.3 Å². The van der Waals surface area contributed by atoms with Gasteiger partial charge in [0, 0.05) is 49.2 Å². The number of nitrogens with zero attached hydrogens (tertiary/aromatic N) is 1. The molecule has 1 fully saturated rings. The van der Waals surface area contributed by atoms with Crippen LogP contribution in [-0.4, -0.2) is 62.3 Å². The highest BCUT2D eigenvalue weighted by molar-refractivity contribution is 6.04. The third kappa shape index (κ3) is 7.85. The molecule has 0 amide bonds. The molecule has 1 aromatic heterocycles. The summed E-state index contributed by atoms with van der Waals surface area (Å²) in [6, 6.07) is 13.4. The maximum Gasteiger partial charge on any atom is 0.337 e. The molecule has 0 saturated carbocycles. The van der Waals surface area contributed by atoms with Crippen LogP contribution in [0.2, 0.25) is 0 Å². The van der Waals surface area contributed by atoms with E-state index >= 15 is 0 Å². The van der Waals surface area contributed by atoms with Gasteiger partial charge in [0.05, 0.1) is 37.5 Å². The predicted molar refractivity (Wildman–Crippen MR) is 166 cm³/mol. The summed E-state index contributed by atoms with van der Waals surface area (Å²) in [6.45, 7) is 8.93. The lowest BCUT2D eigenvalue weighted by atomic mass is 9.72. The number of nitrogens with one attached hydrogen (secondary N) is 2. The number of Topliss-reactive ketones (excluding diaryl/α,β-unsaturated/α-hetero) is 1. The van der Waals surface area contributed by atoms with Gasteiger partial charge in [-0.05, 0) is 57.9 Å². The maximum atomic E-state index is 13.8. The molecular formula is C34H43N3O7. The van der Waals surface area contributed by atoms with E-state index in [1.54, 1.807) is 14.2 Å². The number of hydrogen-bond acceptors (Lipinski definition) is 10. The van der Waals surface area contributed by atoms with Crippen molar-refractivity contribution in [1.82, 2.24) is 10.3 Å². The average molecular weight is 606 g/mol. The zero-order chi connectivity index (χ0) is 31.9. The van der Waals surface area contributed by atoms with Crippen LogP contribution in [0.5, 0.6) is 5.75 Å². The average Bonchev–Trinajstić information content (AvgIpc) is 3.00. The van der Waals surface area contributed by atoms with Crippen LogP contribution in [-0.2, 0) is 28.6 Å². The van der Waals surface area contributed by atoms with Crippen LogP contribution < -0.4 is 15.4 Å². The maximum absolute atomic E-state index is 13.8. The molecule has 0 spiro atoms. The van der Waals surface area contributed by atoms with Crippen molar-refractivity contribution in [2.75, 3.05) is 32.7 Å². The Labute approximate surface area is 259 Å². The Balaban J connectivity index is 0.000000566. The highest BCUT2D eigenvalue weighted by Gasteiger charge is 2.43. The minimum Gasteiger partial charge on any atom is -0.496 e. The molecule has 1 aromatic carbocycles. The predicted octanol–water partition coefficient (Wildman–Crippen LogP) is 5.17. The number of methoxy groups -OCH3 is 1. The number of esters is 1. The Morgan fingerprint density at radius 1 is 1.09 bits per heavy atom. The topological polar surface area (TPSA) is 125 Å². The number of carbonyl (C=O) groups excluding carboxylic acids is 3. The molecule has 1 unspecified atom stereocenters. The summed E-state index contributed by atoms with van der Waals surface area (Å²) < 4.78 is 21.5. The van der Waals surface area contributed by atoms with Crippen LogP contribution in [0.15, 0.2) is 65.0 Å². The highest BCUT2D eigenvalue weighted by atomic mass is 16.6. The molecule has 5 rings (SSSR count). The number of ether oxygens (including phenoxy) is 4. The minimum atomic E-state index is -0.608. The van der Waals surface area contributed by atoms with Crippen LogP contribution in [0.3, 0.4) is 0 Å². The van der Waals surface area contributed by atoms with E-state index in [4.69, 9.17) is 19.2 Å². The second-order valence-corrected chi connectivity index (χ2v) is 12.0. The van der Waals surface area contributed by atoms with Gasteiger partial charge < -0.3 is 29.6 Å². The summed E-state index contributed by atoms with van der Waals surface area (Å²) in [5, 5.41) is 6.48. The van der Waals surface area contributed by atoms with E-state index in [0.29, 0.717) is 73.7 Å². The fourth-order valence-electron chi connectivity index (χ4n) is 5.73. The molecule has 2 aliphatic heterocycles. The molecule has 2 N–H and O–H groups in total. The van der Waals surface area contributed by atoms with E-state index in [1.165, 1.54) is 0 Å². The first-order valence-electron chi connectivity index (χ1n) is 15.0. The number of allylic oxidation sites excluding steroid dienone is 3. The van der Waals surface area contributed by atoms with Crippen molar-refractivity contribution in [1.29, 1.82) is 0 Å². The molecular weight excluding hydrogens is 562 g/mol. The van der Waals surface area contributed by atoms with E-state index < -0.39 is 11.9 Å². The quantitative estimate of drug-likeness (QED) is 0.322. The van der Waals surface area contributed by atoms with Crippen LogP contribution in [0, 0.1) is 0 Å². The van der Waals surface area contributed by atoms with Gasteiger partial charge in [-0.25, -0.2) is 9.78 Å². The van der Waals surface area contributed by atoms with Crippen molar-refractivity contribution in [3.05, 3.63) is 76.3 Å². The van der Waals surface area contributed by atoms with Crippen molar-refractivity contribution >= 4 is 24.0 Å². The van der Waals surface area contributed by atoms with Gasteiger partial charge >= 0.3 is 5.97 Å². The number of dihydropyridines is 1. The first-order chi connectivity index (χ1) is 21.1. The number of benzene rings is 1. The molecule has 44 heavy (non-hydrogen) atoms. The first-order valence-corrected chi connectivity index (χ1v) is 15.0. The van der Waals surface area contributed by atoms with E-state index in [2.05, 4.69) is 15.4 Å². The molecule has 1 aliphatic carbocycles. The summed E-state index contributed by atoms with van der Waals surface area (Å²) in [5.41, 5.74) is 3.88. The van der Waals surface area contributed by atoms with Crippen molar-refractivity contribution in [3.63, 3.8) is 0 Å². The van der Waals surface area contributed by atoms with E-state index in [9.17, 15) is 14.4 Å². The number of aromatic nitrogens is 1. The number of ketones is 1. The number of hydrogen-bond donors (Lipinski definition) is 2. The Kier molecular flexibility index (Phi) is 10.8. The summed E-state index contributed by atoms with van der Waals surface area (Å²) in [7, 11) is 3.44. The molecule has 236 valence electrons. The summed E-state index contributed by atoms with van der Waals surface area (Å²) in [6.07, 6.45) is 2.08. The van der Waals surface area contributed by atoms with Gasteiger partial charge in [0.1, 0.15) is 23.3 Å². The Bertz CT molecular complexity index is 1420. The largest absolute Gasteiger partial charge is 0.496 e. The summed E-state index contributed by atoms with van der Waals surface area (Å²) in [4.78, 5) is 41.8. The second-order valence-electron chi connectivity index (χ2n) is 12.0. The number of rotatable bonds is 7. The number of pyridine rings is 1. The zero-order valence-corrected chi connectivity index (χ0v) is 26.4. The first kappa shape index (κ1) is 32.7. The summed E-state index contributed by atoms with van der Waals surface area (Å²) >= 11 is 0. The SMILES string of the molecule is CC(C)(C)OC=O.CNc1cccc(C2C(C(=O)OC3CCOCC3)=C(C)NC3=C2C(=O)C[C@H](c2ccccc2OC)C3)n1. The highest BCUT2D eigenvalue weighted by Crippen LogP contribution is 2.46. The van der Waals surface area contributed by atoms with E-state index in [1.807, 2.05) is 70.2 Å². The Morgan fingerprint density at radius 2 is 1.82 bits per heavy atom. The lowest BCUT2D eigenvalue weighted by Gasteiger charge is -2.37. The Hall–Kier alpha value is -4.18. The molecule has 3 heterocycles. The standard InChI is InChI=1S/C29H33N3O5.C5H10O2/c1-17-26(29(34)37-19-11-13-36-14-12-19)28(21-8-6-10-25(30-2)32-21)27-22(31-17)15-18(16-23(27)33)20-7-4-5-9-24(20)35-3;1-5(2,3)7-4-6/h4-10,18-19,28,31H,11-16H2,1-3H3,(H,30,32);4H,1-3H3/t18-,28?;/m1./s1. The molecule has 2 aromatic rings. The monoisotopic (exact) mass is 605 g/mol. The van der Waals surface area contributed by atoms with Crippen LogP contribution in [0.4, 0.5) is 5.82 Å². The number of carbonyl (C=O) groups is 3. The number of para-hydroxylation sites is 1. The normalized spacial score (nSPS) is 20.5. The fraction of sp³-hybridized carbons (Fsp3) is 0.471. The third-order valence-corrected chi connectivity index (χ3v) is 7.79. The smallest absolute Gasteiger partial charge is 0.337 e. The molecule has 10 heteroatoms. The van der Waals surface area contributed by atoms with Gasteiger partial charge in [-0.2, -0.15) is 0 Å². The van der Waals surface area contributed by atoms with Gasteiger partial charge in [0.15, 0.2) is 5.78 Å². The van der Waals surface area contributed by atoms with Gasteiger partial charge in [0.25, 0.3) is 6.47 Å². The van der Waals surface area contributed by atoms with Crippen molar-refractivity contribution in [2.45, 2.75) is 76.9 Å². The molecule has 2 atom stereocenters. The van der Waals surface area contributed by atoms with Crippen LogP contribution >= 0.6 is 0 Å².